The number of amides is 2. The third-order valence-corrected chi connectivity index (χ3v) is 5.53. The van der Waals surface area contributed by atoms with Gasteiger partial charge in [-0.2, -0.15) is 0 Å². The van der Waals surface area contributed by atoms with Gasteiger partial charge >= 0.3 is 0 Å². The number of hydrogen-bond acceptors (Lipinski definition) is 3. The quantitative estimate of drug-likeness (QED) is 0.787. The SMILES string of the molecule is Cc1ccc(CCC(=O)N2CCN(CC(=O)NCc3ccccc3)CC2)c(C)c1. The number of piperazine rings is 1. The van der Waals surface area contributed by atoms with Crippen LogP contribution in [0.25, 0.3) is 0 Å². The molecule has 2 aromatic rings. The summed E-state index contributed by atoms with van der Waals surface area (Å²) in [7, 11) is 0. The second-order valence-electron chi connectivity index (χ2n) is 7.85. The number of rotatable bonds is 7. The van der Waals surface area contributed by atoms with Crippen molar-refractivity contribution < 1.29 is 9.59 Å². The van der Waals surface area contributed by atoms with Crippen molar-refractivity contribution in [3.8, 4) is 0 Å². The predicted octanol–water partition coefficient (Wildman–Crippen LogP) is 2.70. The van der Waals surface area contributed by atoms with Crippen LogP contribution < -0.4 is 5.32 Å². The summed E-state index contributed by atoms with van der Waals surface area (Å²) < 4.78 is 0. The van der Waals surface area contributed by atoms with Gasteiger partial charge in [0.1, 0.15) is 0 Å². The van der Waals surface area contributed by atoms with Crippen LogP contribution in [0.5, 0.6) is 0 Å². The molecular weight excluding hydrogens is 362 g/mol. The van der Waals surface area contributed by atoms with Gasteiger partial charge in [-0.15, -0.1) is 0 Å². The Morgan fingerprint density at radius 3 is 2.38 bits per heavy atom. The first-order chi connectivity index (χ1) is 14.0. The van der Waals surface area contributed by atoms with Crippen LogP contribution in [0.3, 0.4) is 0 Å². The van der Waals surface area contributed by atoms with Crippen molar-refractivity contribution in [2.75, 3.05) is 32.7 Å². The first-order valence-corrected chi connectivity index (χ1v) is 10.4. The third kappa shape index (κ3) is 6.43. The number of carbonyl (C=O) groups excluding carboxylic acids is 2. The summed E-state index contributed by atoms with van der Waals surface area (Å²) >= 11 is 0. The van der Waals surface area contributed by atoms with Crippen LogP contribution in [0.1, 0.15) is 28.7 Å². The maximum Gasteiger partial charge on any atom is 0.234 e. The molecule has 5 nitrogen and oxygen atoms in total. The van der Waals surface area contributed by atoms with E-state index < -0.39 is 0 Å². The second kappa shape index (κ2) is 10.2. The van der Waals surface area contributed by atoms with Crippen LogP contribution in [-0.2, 0) is 22.6 Å². The summed E-state index contributed by atoms with van der Waals surface area (Å²) in [5.41, 5.74) is 4.85. The lowest BCUT2D eigenvalue weighted by Gasteiger charge is -2.34. The third-order valence-electron chi connectivity index (χ3n) is 5.53. The van der Waals surface area contributed by atoms with Crippen LogP contribution in [0, 0.1) is 13.8 Å². The van der Waals surface area contributed by atoms with Gasteiger partial charge in [-0.3, -0.25) is 14.5 Å². The molecule has 2 amide bonds. The fourth-order valence-electron chi connectivity index (χ4n) is 3.74. The van der Waals surface area contributed by atoms with E-state index in [0.29, 0.717) is 32.6 Å². The minimum atomic E-state index is 0.0310. The van der Waals surface area contributed by atoms with E-state index in [1.807, 2.05) is 35.2 Å². The van der Waals surface area contributed by atoms with Crippen molar-refractivity contribution >= 4 is 11.8 Å². The Labute approximate surface area is 173 Å². The van der Waals surface area contributed by atoms with Gasteiger partial charge in [0.25, 0.3) is 0 Å². The number of carbonyl (C=O) groups is 2. The summed E-state index contributed by atoms with van der Waals surface area (Å²) in [6.07, 6.45) is 1.33. The van der Waals surface area contributed by atoms with Gasteiger partial charge < -0.3 is 10.2 Å². The fourth-order valence-corrected chi connectivity index (χ4v) is 3.74. The number of nitrogens with zero attached hydrogens (tertiary/aromatic N) is 2. The normalized spacial score (nSPS) is 14.6. The lowest BCUT2D eigenvalue weighted by Crippen LogP contribution is -2.51. The van der Waals surface area contributed by atoms with E-state index in [0.717, 1.165) is 25.1 Å². The molecule has 0 aliphatic carbocycles. The Morgan fingerprint density at radius 1 is 0.966 bits per heavy atom. The van der Waals surface area contributed by atoms with Crippen LogP contribution in [-0.4, -0.2) is 54.3 Å². The molecule has 0 atom stereocenters. The van der Waals surface area contributed by atoms with Crippen molar-refractivity contribution in [2.24, 2.45) is 0 Å². The first kappa shape index (κ1) is 21.1. The molecule has 1 saturated heterocycles. The number of nitrogens with one attached hydrogen (secondary N) is 1. The number of hydrogen-bond donors (Lipinski definition) is 1. The van der Waals surface area contributed by atoms with Gasteiger partial charge in [0, 0.05) is 39.1 Å². The molecule has 0 spiro atoms. The zero-order valence-electron chi connectivity index (χ0n) is 17.5. The highest BCUT2D eigenvalue weighted by atomic mass is 16.2. The summed E-state index contributed by atoms with van der Waals surface area (Å²) in [4.78, 5) is 28.8. The molecule has 0 bridgehead atoms. The Hall–Kier alpha value is -2.66. The molecule has 1 fully saturated rings. The van der Waals surface area contributed by atoms with Crippen molar-refractivity contribution in [3.05, 3.63) is 70.8 Å². The van der Waals surface area contributed by atoms with Crippen molar-refractivity contribution in [1.82, 2.24) is 15.1 Å². The van der Waals surface area contributed by atoms with Crippen LogP contribution in [0.4, 0.5) is 0 Å². The fraction of sp³-hybridized carbons (Fsp3) is 0.417. The molecule has 0 saturated carbocycles. The smallest absolute Gasteiger partial charge is 0.234 e. The van der Waals surface area contributed by atoms with Gasteiger partial charge in [-0.25, -0.2) is 0 Å². The predicted molar refractivity (Wildman–Crippen MR) is 116 cm³/mol. The largest absolute Gasteiger partial charge is 0.351 e. The molecular formula is C24H31N3O2. The van der Waals surface area contributed by atoms with Gasteiger partial charge in [-0.05, 0) is 37.0 Å². The molecule has 1 aliphatic heterocycles. The molecule has 1 N–H and O–H groups in total. The molecule has 0 unspecified atom stereocenters. The van der Waals surface area contributed by atoms with Crippen LogP contribution in [0.15, 0.2) is 48.5 Å². The van der Waals surface area contributed by atoms with E-state index in [2.05, 4.69) is 42.3 Å². The first-order valence-electron chi connectivity index (χ1n) is 10.4. The lowest BCUT2D eigenvalue weighted by atomic mass is 10.0. The van der Waals surface area contributed by atoms with E-state index in [9.17, 15) is 9.59 Å². The second-order valence-corrected chi connectivity index (χ2v) is 7.85. The maximum absolute atomic E-state index is 12.6. The highest BCUT2D eigenvalue weighted by Crippen LogP contribution is 2.14. The molecule has 29 heavy (non-hydrogen) atoms. The molecule has 0 aromatic heterocycles. The summed E-state index contributed by atoms with van der Waals surface area (Å²) in [5.74, 6) is 0.238. The van der Waals surface area contributed by atoms with E-state index in [-0.39, 0.29) is 11.8 Å². The van der Waals surface area contributed by atoms with Crippen molar-refractivity contribution in [3.63, 3.8) is 0 Å². The molecule has 0 radical (unpaired) electrons. The average molecular weight is 394 g/mol. The highest BCUT2D eigenvalue weighted by Gasteiger charge is 2.22. The maximum atomic E-state index is 12.6. The number of benzene rings is 2. The highest BCUT2D eigenvalue weighted by molar-refractivity contribution is 5.78. The Balaban J connectivity index is 1.37. The Kier molecular flexibility index (Phi) is 7.42. The summed E-state index contributed by atoms with van der Waals surface area (Å²) in [6.45, 7) is 8.00. The lowest BCUT2D eigenvalue weighted by molar-refractivity contribution is -0.133. The van der Waals surface area contributed by atoms with E-state index >= 15 is 0 Å². The average Bonchev–Trinajstić information content (AvgIpc) is 2.73. The van der Waals surface area contributed by atoms with Crippen LogP contribution >= 0.6 is 0 Å². The molecule has 1 heterocycles. The van der Waals surface area contributed by atoms with Gasteiger partial charge in [0.2, 0.25) is 11.8 Å². The van der Waals surface area contributed by atoms with E-state index in [4.69, 9.17) is 0 Å². The topological polar surface area (TPSA) is 52.7 Å². The van der Waals surface area contributed by atoms with E-state index in [1.54, 1.807) is 0 Å². The van der Waals surface area contributed by atoms with Gasteiger partial charge in [0.15, 0.2) is 0 Å². The molecule has 1 aliphatic rings. The molecule has 154 valence electrons. The molecule has 2 aromatic carbocycles. The Bertz CT molecular complexity index is 827. The Morgan fingerprint density at radius 2 is 1.69 bits per heavy atom. The number of aryl methyl sites for hydroxylation is 3. The van der Waals surface area contributed by atoms with Gasteiger partial charge in [-0.1, -0.05) is 54.1 Å². The van der Waals surface area contributed by atoms with Crippen molar-refractivity contribution in [2.45, 2.75) is 33.2 Å². The standard InChI is InChI=1S/C24H31N3O2/c1-19-8-9-22(20(2)16-19)10-11-24(29)27-14-12-26(13-15-27)18-23(28)25-17-21-6-4-3-5-7-21/h3-9,16H,10-15,17-18H2,1-2H3,(H,25,28). The zero-order valence-corrected chi connectivity index (χ0v) is 17.5. The minimum Gasteiger partial charge on any atom is -0.351 e. The molecule has 3 rings (SSSR count). The van der Waals surface area contributed by atoms with E-state index in [1.165, 1.54) is 16.7 Å². The van der Waals surface area contributed by atoms with Crippen LogP contribution in [0.2, 0.25) is 0 Å². The monoisotopic (exact) mass is 393 g/mol. The summed E-state index contributed by atoms with van der Waals surface area (Å²) in [6, 6.07) is 16.3. The molecule has 5 heteroatoms. The summed E-state index contributed by atoms with van der Waals surface area (Å²) in [5, 5.41) is 2.97. The minimum absolute atomic E-state index is 0.0310. The zero-order chi connectivity index (χ0) is 20.6. The van der Waals surface area contributed by atoms with Gasteiger partial charge in [0.05, 0.1) is 6.54 Å². The van der Waals surface area contributed by atoms with Crippen molar-refractivity contribution in [1.29, 1.82) is 0 Å².